The van der Waals surface area contributed by atoms with Gasteiger partial charge in [0.05, 0.1) is 37.7 Å². The van der Waals surface area contributed by atoms with Crippen molar-refractivity contribution >= 4 is 28.3 Å². The number of fused-ring (bicyclic) bond motifs is 1. The van der Waals surface area contributed by atoms with Gasteiger partial charge in [-0.15, -0.1) is 0 Å². The second kappa shape index (κ2) is 13.0. The fourth-order valence-corrected chi connectivity index (χ4v) is 4.05. The van der Waals surface area contributed by atoms with Gasteiger partial charge in [-0.3, -0.25) is 4.79 Å². The van der Waals surface area contributed by atoms with E-state index in [4.69, 9.17) is 14.6 Å². The molecule has 1 saturated heterocycles. The quantitative estimate of drug-likeness (QED) is 0.306. The Morgan fingerprint density at radius 1 is 1.03 bits per heavy atom. The Labute approximate surface area is 190 Å². The summed E-state index contributed by atoms with van der Waals surface area (Å²) in [5.41, 5.74) is 2.23. The minimum Gasteiger partial charge on any atom is -0.394 e. The zero-order chi connectivity index (χ0) is 22.6. The monoisotopic (exact) mass is 436 g/mol. The maximum absolute atomic E-state index is 12.7. The van der Waals surface area contributed by atoms with Crippen LogP contribution in [0, 0.1) is 11.3 Å². The van der Waals surface area contributed by atoms with Gasteiger partial charge in [-0.05, 0) is 42.7 Å². The highest BCUT2D eigenvalue weighted by Gasteiger charge is 2.18. The standard InChI is InChI=1S/C26H32N2O4/c27-20-23(25(30)9-6-15-31-17-18-32-16-14-29)19-22-11-10-21-7-2-3-8-24(21)26(22)28-12-4-1-5-13-28/h2-3,7-8,10-11,19,29H,1,4-6,9,12-18H2/b23-19+. The summed E-state index contributed by atoms with van der Waals surface area (Å²) in [7, 11) is 0. The Bertz CT molecular complexity index is 958. The molecule has 0 unspecified atom stereocenters. The number of nitriles is 1. The lowest BCUT2D eigenvalue weighted by atomic mass is 9.98. The van der Waals surface area contributed by atoms with Crippen LogP contribution in [0.1, 0.15) is 37.7 Å². The lowest BCUT2D eigenvalue weighted by Gasteiger charge is -2.31. The van der Waals surface area contributed by atoms with E-state index in [0.29, 0.717) is 32.8 Å². The third-order valence-corrected chi connectivity index (χ3v) is 5.62. The van der Waals surface area contributed by atoms with E-state index in [0.717, 1.165) is 48.0 Å². The van der Waals surface area contributed by atoms with Gasteiger partial charge >= 0.3 is 0 Å². The highest BCUT2D eigenvalue weighted by Crippen LogP contribution is 2.34. The first-order valence-electron chi connectivity index (χ1n) is 11.4. The highest BCUT2D eigenvalue weighted by molar-refractivity contribution is 6.06. The third-order valence-electron chi connectivity index (χ3n) is 5.62. The number of allylic oxidation sites excluding steroid dienone is 1. The summed E-state index contributed by atoms with van der Waals surface area (Å²) in [5.74, 6) is -0.162. The minimum atomic E-state index is -0.162. The fraction of sp³-hybridized carbons (Fsp3) is 0.462. The van der Waals surface area contributed by atoms with Crippen LogP contribution in [0.5, 0.6) is 0 Å². The first kappa shape index (κ1) is 23.9. The molecule has 6 nitrogen and oxygen atoms in total. The summed E-state index contributed by atoms with van der Waals surface area (Å²) in [6.45, 7) is 3.54. The molecule has 0 amide bonds. The molecule has 1 fully saturated rings. The van der Waals surface area contributed by atoms with E-state index in [-0.39, 0.29) is 24.4 Å². The van der Waals surface area contributed by atoms with Gasteiger partial charge in [0.25, 0.3) is 0 Å². The van der Waals surface area contributed by atoms with Gasteiger partial charge < -0.3 is 19.5 Å². The number of benzene rings is 2. The van der Waals surface area contributed by atoms with E-state index in [1.165, 1.54) is 6.42 Å². The molecule has 1 N–H and O–H groups in total. The van der Waals surface area contributed by atoms with E-state index in [2.05, 4.69) is 29.2 Å². The molecule has 2 aromatic carbocycles. The molecule has 0 spiro atoms. The van der Waals surface area contributed by atoms with Gasteiger partial charge in [-0.1, -0.05) is 36.4 Å². The van der Waals surface area contributed by atoms with Gasteiger partial charge in [-0.2, -0.15) is 5.26 Å². The van der Waals surface area contributed by atoms with Crippen molar-refractivity contribution in [2.24, 2.45) is 0 Å². The summed E-state index contributed by atoms with van der Waals surface area (Å²) >= 11 is 0. The Balaban J connectivity index is 1.70. The summed E-state index contributed by atoms with van der Waals surface area (Å²) in [6.07, 6.45) is 6.12. The molecule has 6 heteroatoms. The molecular formula is C26H32N2O4. The van der Waals surface area contributed by atoms with Crippen LogP contribution in [0.15, 0.2) is 42.0 Å². The van der Waals surface area contributed by atoms with Gasteiger partial charge in [-0.25, -0.2) is 0 Å². The number of nitrogens with zero attached hydrogens (tertiary/aromatic N) is 2. The first-order chi connectivity index (χ1) is 15.7. The van der Waals surface area contributed by atoms with Crippen molar-refractivity contribution in [3.63, 3.8) is 0 Å². The second-order valence-electron chi connectivity index (χ2n) is 7.92. The maximum Gasteiger partial charge on any atom is 0.173 e. The number of carbonyl (C=O) groups excluding carboxylic acids is 1. The summed E-state index contributed by atoms with van der Waals surface area (Å²) in [5, 5.41) is 20.6. The van der Waals surface area contributed by atoms with Gasteiger partial charge in [0, 0.05) is 31.5 Å². The lowest BCUT2D eigenvalue weighted by molar-refractivity contribution is -0.115. The van der Waals surface area contributed by atoms with Crippen molar-refractivity contribution in [2.75, 3.05) is 51.0 Å². The molecule has 0 aromatic heterocycles. The number of ketones is 1. The number of aliphatic hydroxyl groups excluding tert-OH is 1. The van der Waals surface area contributed by atoms with Gasteiger partial charge in [0.1, 0.15) is 6.07 Å². The van der Waals surface area contributed by atoms with Crippen molar-refractivity contribution in [3.05, 3.63) is 47.5 Å². The summed E-state index contributed by atoms with van der Waals surface area (Å²) in [4.78, 5) is 15.1. The van der Waals surface area contributed by atoms with Crippen LogP contribution < -0.4 is 4.90 Å². The van der Waals surface area contributed by atoms with Crippen LogP contribution in [0.3, 0.4) is 0 Å². The Kier molecular flexibility index (Phi) is 9.70. The molecule has 1 aliphatic rings. The molecule has 1 heterocycles. The number of hydrogen-bond donors (Lipinski definition) is 1. The maximum atomic E-state index is 12.7. The highest BCUT2D eigenvalue weighted by atomic mass is 16.5. The Morgan fingerprint density at radius 2 is 1.78 bits per heavy atom. The number of anilines is 1. The molecule has 0 radical (unpaired) electrons. The van der Waals surface area contributed by atoms with Crippen LogP contribution >= 0.6 is 0 Å². The van der Waals surface area contributed by atoms with Crippen molar-refractivity contribution in [1.29, 1.82) is 5.26 Å². The summed E-state index contributed by atoms with van der Waals surface area (Å²) < 4.78 is 10.6. The zero-order valence-electron chi connectivity index (χ0n) is 18.6. The zero-order valence-corrected chi connectivity index (χ0v) is 18.6. The first-order valence-corrected chi connectivity index (χ1v) is 11.4. The molecule has 0 atom stereocenters. The van der Waals surface area contributed by atoms with Crippen LogP contribution in [-0.2, 0) is 14.3 Å². The number of Topliss-reactive ketones (excluding diaryl/α,β-unsaturated/α-hetero) is 1. The third kappa shape index (κ3) is 6.64. The van der Waals surface area contributed by atoms with E-state index in [1.807, 2.05) is 18.2 Å². The Morgan fingerprint density at radius 3 is 2.53 bits per heavy atom. The van der Waals surface area contributed by atoms with E-state index in [9.17, 15) is 10.1 Å². The smallest absolute Gasteiger partial charge is 0.173 e. The van der Waals surface area contributed by atoms with E-state index in [1.54, 1.807) is 6.08 Å². The molecule has 2 aromatic rings. The molecule has 0 aliphatic carbocycles. The molecule has 32 heavy (non-hydrogen) atoms. The number of hydrogen-bond acceptors (Lipinski definition) is 6. The fourth-order valence-electron chi connectivity index (χ4n) is 4.05. The van der Waals surface area contributed by atoms with Crippen molar-refractivity contribution in [3.8, 4) is 6.07 Å². The second-order valence-corrected chi connectivity index (χ2v) is 7.92. The SMILES string of the molecule is N#C/C(=C\c1ccc2ccccc2c1N1CCCCC1)C(=O)CCCOCCOCCO. The average Bonchev–Trinajstić information content (AvgIpc) is 2.84. The topological polar surface area (TPSA) is 82.8 Å². The normalized spacial score (nSPS) is 14.5. The molecule has 0 saturated carbocycles. The van der Waals surface area contributed by atoms with Gasteiger partial charge in [0.2, 0.25) is 0 Å². The molecule has 3 rings (SSSR count). The number of rotatable bonds is 12. The number of aliphatic hydroxyl groups is 1. The predicted molar refractivity (Wildman–Crippen MR) is 127 cm³/mol. The van der Waals surface area contributed by atoms with Crippen molar-refractivity contribution in [1.82, 2.24) is 0 Å². The van der Waals surface area contributed by atoms with Crippen LogP contribution in [0.4, 0.5) is 5.69 Å². The predicted octanol–water partition coefficient (Wildman–Crippen LogP) is 4.11. The Hall–Kier alpha value is -2.72. The molecule has 170 valence electrons. The average molecular weight is 437 g/mol. The number of ether oxygens (including phenoxy) is 2. The van der Waals surface area contributed by atoms with Crippen LogP contribution in [-0.4, -0.2) is 57.0 Å². The van der Waals surface area contributed by atoms with E-state index >= 15 is 0 Å². The lowest BCUT2D eigenvalue weighted by Crippen LogP contribution is -2.30. The number of piperidine rings is 1. The number of carbonyl (C=O) groups is 1. The molecular weight excluding hydrogens is 404 g/mol. The summed E-state index contributed by atoms with van der Waals surface area (Å²) in [6, 6.07) is 14.5. The van der Waals surface area contributed by atoms with Crippen LogP contribution in [0.2, 0.25) is 0 Å². The van der Waals surface area contributed by atoms with Crippen molar-refractivity contribution in [2.45, 2.75) is 32.1 Å². The van der Waals surface area contributed by atoms with E-state index < -0.39 is 0 Å². The molecule has 0 bridgehead atoms. The van der Waals surface area contributed by atoms with Crippen molar-refractivity contribution < 1.29 is 19.4 Å². The molecule has 1 aliphatic heterocycles. The van der Waals surface area contributed by atoms with Gasteiger partial charge in [0.15, 0.2) is 5.78 Å². The largest absolute Gasteiger partial charge is 0.394 e. The minimum absolute atomic E-state index is 0.00550. The van der Waals surface area contributed by atoms with Crippen LogP contribution in [0.25, 0.3) is 16.8 Å².